The molecule has 11 atom stereocenters. The second kappa shape index (κ2) is 12.0. The molecule has 5 fully saturated rings. The number of ether oxygens (including phenoxy) is 2. The van der Waals surface area contributed by atoms with Gasteiger partial charge in [0.1, 0.15) is 6.61 Å². The van der Waals surface area contributed by atoms with E-state index in [1.807, 2.05) is 34.1 Å². The Morgan fingerprint density at radius 1 is 0.911 bits per heavy atom. The number of nitrogens with zero attached hydrogens (tertiary/aromatic N) is 2. The molecule has 0 aromatic heterocycles. The zero-order chi connectivity index (χ0) is 31.5. The van der Waals surface area contributed by atoms with Crippen LogP contribution in [0.5, 0.6) is 11.5 Å². The van der Waals surface area contributed by atoms with Crippen LogP contribution in [0.25, 0.3) is 0 Å². The summed E-state index contributed by atoms with van der Waals surface area (Å²) in [6.07, 6.45) is 8.86. The normalized spacial score (nSPS) is 41.4. The van der Waals surface area contributed by atoms with Crippen LogP contribution in [0.4, 0.5) is 0 Å². The third kappa shape index (κ3) is 5.46. The molecule has 4 aliphatic carbocycles. The third-order valence-electron chi connectivity index (χ3n) is 14.0. The van der Waals surface area contributed by atoms with Crippen molar-refractivity contribution in [3.05, 3.63) is 24.3 Å². The van der Waals surface area contributed by atoms with Gasteiger partial charge in [-0.2, -0.15) is 0 Å². The first kappa shape index (κ1) is 31.3. The number of rotatable bonds is 5. The van der Waals surface area contributed by atoms with E-state index in [1.165, 1.54) is 25.7 Å². The van der Waals surface area contributed by atoms with Crippen molar-refractivity contribution in [2.24, 2.45) is 46.3 Å². The Morgan fingerprint density at radius 3 is 2.38 bits per heavy atom. The van der Waals surface area contributed by atoms with Gasteiger partial charge >= 0.3 is 0 Å². The lowest BCUT2D eigenvalue weighted by Crippen LogP contribution is -2.58. The molecule has 0 unspecified atom stereocenters. The lowest BCUT2D eigenvalue weighted by atomic mass is 9.43. The number of carbonyl (C=O) groups excluding carboxylic acids is 2. The highest BCUT2D eigenvalue weighted by molar-refractivity contribution is 5.82. The van der Waals surface area contributed by atoms with E-state index in [0.717, 1.165) is 32.1 Å². The summed E-state index contributed by atoms with van der Waals surface area (Å²) in [5, 5.41) is 21.9. The van der Waals surface area contributed by atoms with Gasteiger partial charge < -0.3 is 29.5 Å². The Bertz CT molecular complexity index is 1270. The number of aliphatic hydroxyl groups excluding tert-OH is 2. The van der Waals surface area contributed by atoms with Crippen LogP contribution in [-0.2, 0) is 9.59 Å². The molecule has 0 bridgehead atoms. The molecule has 45 heavy (non-hydrogen) atoms. The van der Waals surface area contributed by atoms with E-state index in [1.54, 1.807) is 0 Å². The highest BCUT2D eigenvalue weighted by atomic mass is 16.6. The molecule has 2 heterocycles. The minimum atomic E-state index is -0.649. The monoisotopic (exact) mass is 622 g/mol. The average molecular weight is 623 g/mol. The van der Waals surface area contributed by atoms with E-state index in [-0.39, 0.29) is 41.5 Å². The highest BCUT2D eigenvalue weighted by Gasteiger charge is 2.62. The quantitative estimate of drug-likeness (QED) is 0.485. The van der Waals surface area contributed by atoms with Crippen LogP contribution in [0.2, 0.25) is 0 Å². The van der Waals surface area contributed by atoms with Crippen LogP contribution in [0, 0.1) is 46.3 Å². The van der Waals surface area contributed by atoms with Gasteiger partial charge in [-0.3, -0.25) is 9.59 Å². The van der Waals surface area contributed by atoms with Crippen LogP contribution in [0.15, 0.2) is 24.3 Å². The molecule has 0 radical (unpaired) electrons. The molecule has 8 heteroatoms. The minimum absolute atomic E-state index is 0.0716. The van der Waals surface area contributed by atoms with Crippen molar-refractivity contribution in [3.8, 4) is 11.5 Å². The molecule has 1 aromatic carbocycles. The Hall–Kier alpha value is -2.32. The largest absolute Gasteiger partial charge is 0.485 e. The van der Waals surface area contributed by atoms with Crippen LogP contribution in [-0.4, -0.2) is 82.9 Å². The smallest absolute Gasteiger partial charge is 0.267 e. The fourth-order valence-electron chi connectivity index (χ4n) is 11.4. The zero-order valence-corrected chi connectivity index (χ0v) is 27.5. The lowest BCUT2D eigenvalue weighted by Gasteiger charge is -2.62. The van der Waals surface area contributed by atoms with Crippen molar-refractivity contribution >= 4 is 11.8 Å². The maximum absolute atomic E-state index is 13.3. The molecule has 248 valence electrons. The Morgan fingerprint density at radius 2 is 1.60 bits per heavy atom. The third-order valence-corrected chi connectivity index (χ3v) is 14.0. The Labute approximate surface area is 268 Å². The molecule has 6 aliphatic rings. The highest BCUT2D eigenvalue weighted by Crippen LogP contribution is 2.68. The van der Waals surface area contributed by atoms with Gasteiger partial charge in [-0.15, -0.1) is 0 Å². The predicted octanol–water partition coefficient (Wildman–Crippen LogP) is 4.90. The van der Waals surface area contributed by atoms with Gasteiger partial charge in [0.15, 0.2) is 11.5 Å². The van der Waals surface area contributed by atoms with Gasteiger partial charge in [-0.05, 0) is 116 Å². The number of benzene rings is 1. The molecule has 4 saturated carbocycles. The van der Waals surface area contributed by atoms with Crippen LogP contribution < -0.4 is 9.47 Å². The summed E-state index contributed by atoms with van der Waals surface area (Å²) in [6, 6.07) is 7.42. The summed E-state index contributed by atoms with van der Waals surface area (Å²) < 4.78 is 11.7. The van der Waals surface area contributed by atoms with E-state index in [4.69, 9.17) is 9.47 Å². The number of amides is 2. The molecule has 1 saturated heterocycles. The number of fused-ring (bicyclic) bond motifs is 6. The summed E-state index contributed by atoms with van der Waals surface area (Å²) in [5.41, 5.74) is 0.469. The maximum Gasteiger partial charge on any atom is 0.267 e. The van der Waals surface area contributed by atoms with Gasteiger partial charge in [0.05, 0.1) is 12.2 Å². The van der Waals surface area contributed by atoms with Crippen LogP contribution >= 0.6 is 0 Å². The molecular formula is C37H54N2O6. The number of aliphatic hydroxyl groups is 2. The molecule has 2 N–H and O–H groups in total. The number of para-hydroxylation sites is 2. The van der Waals surface area contributed by atoms with Crippen molar-refractivity contribution < 1.29 is 29.3 Å². The topological polar surface area (TPSA) is 99.5 Å². The van der Waals surface area contributed by atoms with E-state index < -0.39 is 6.10 Å². The van der Waals surface area contributed by atoms with Crippen molar-refractivity contribution in [2.75, 3.05) is 32.8 Å². The summed E-state index contributed by atoms with van der Waals surface area (Å²) in [4.78, 5) is 30.2. The SMILES string of the molecule is C[C@H](CCC(=O)N1CCN(C(=O)[C@H]2COc3ccccc3O2)CC1)[C@H]1CC[C@H]2[C@@H]3[C@@H](O)C[C@@H]4C[C@H](O)CC[C@]4(C)[C@H]3CC[C@]12C. The Balaban J connectivity index is 0.909. The second-order valence-corrected chi connectivity index (χ2v) is 16.0. The number of carbonyl (C=O) groups is 2. The first-order valence-electron chi connectivity index (χ1n) is 17.9. The maximum atomic E-state index is 13.3. The molecule has 1 aromatic rings. The van der Waals surface area contributed by atoms with E-state index >= 15 is 0 Å². The fraction of sp³-hybridized carbons (Fsp3) is 0.784. The summed E-state index contributed by atoms with van der Waals surface area (Å²) in [6.45, 7) is 9.71. The molecule has 0 spiro atoms. The molecule has 2 aliphatic heterocycles. The minimum Gasteiger partial charge on any atom is -0.485 e. The van der Waals surface area contributed by atoms with E-state index in [2.05, 4.69) is 20.8 Å². The zero-order valence-electron chi connectivity index (χ0n) is 27.5. The van der Waals surface area contributed by atoms with Crippen molar-refractivity contribution in [1.82, 2.24) is 9.80 Å². The first-order chi connectivity index (χ1) is 21.6. The van der Waals surface area contributed by atoms with Gasteiger partial charge in [0, 0.05) is 32.6 Å². The average Bonchev–Trinajstić information content (AvgIpc) is 3.41. The van der Waals surface area contributed by atoms with E-state index in [0.29, 0.717) is 79.6 Å². The van der Waals surface area contributed by atoms with E-state index in [9.17, 15) is 19.8 Å². The van der Waals surface area contributed by atoms with Gasteiger partial charge in [0.25, 0.3) is 5.91 Å². The van der Waals surface area contributed by atoms with Gasteiger partial charge in [0.2, 0.25) is 12.0 Å². The molecular weight excluding hydrogens is 568 g/mol. The predicted molar refractivity (Wildman–Crippen MR) is 171 cm³/mol. The molecule has 2 amide bonds. The van der Waals surface area contributed by atoms with Crippen molar-refractivity contribution in [3.63, 3.8) is 0 Å². The summed E-state index contributed by atoms with van der Waals surface area (Å²) >= 11 is 0. The number of hydrogen-bond donors (Lipinski definition) is 2. The number of piperazine rings is 1. The Kier molecular flexibility index (Phi) is 8.37. The fourth-order valence-corrected chi connectivity index (χ4v) is 11.4. The lowest BCUT2D eigenvalue weighted by molar-refractivity contribution is -0.174. The second-order valence-electron chi connectivity index (χ2n) is 16.0. The van der Waals surface area contributed by atoms with Gasteiger partial charge in [-0.25, -0.2) is 0 Å². The van der Waals surface area contributed by atoms with Crippen molar-refractivity contribution in [2.45, 2.75) is 103 Å². The number of hydrogen-bond acceptors (Lipinski definition) is 6. The van der Waals surface area contributed by atoms with Gasteiger partial charge in [-0.1, -0.05) is 32.9 Å². The first-order valence-corrected chi connectivity index (χ1v) is 17.9. The van der Waals surface area contributed by atoms with Crippen molar-refractivity contribution in [1.29, 1.82) is 0 Å². The summed E-state index contributed by atoms with van der Waals surface area (Å²) in [7, 11) is 0. The van der Waals surface area contributed by atoms with Crippen LogP contribution in [0.1, 0.15) is 85.0 Å². The van der Waals surface area contributed by atoms with Crippen LogP contribution in [0.3, 0.4) is 0 Å². The molecule has 7 rings (SSSR count). The summed E-state index contributed by atoms with van der Waals surface area (Å²) in [5.74, 6) is 4.37. The standard InChI is InChI=1S/C37H54N2O6/c1-23(8-11-33(42)38-16-18-39(19-17-38)35(43)32-22-44-30-6-4-5-7-31(30)45-32)26-9-10-27-34-28(13-15-37(26,27)3)36(2)14-12-25(40)20-24(36)21-29(34)41/h4-7,23-29,32,34,40-41H,8-22H2,1-3H3/t23-,24+,25-,26-,27+,28+,29+,32-,34+,36+,37-/m1/s1. The molecule has 8 nitrogen and oxygen atoms in total.